The Kier molecular flexibility index (Phi) is 5.75. The van der Waals surface area contributed by atoms with Gasteiger partial charge in [-0.1, -0.05) is 12.1 Å². The Bertz CT molecular complexity index is 1690. The molecule has 1 saturated carbocycles. The molecular formula is C25H19F6N7O2. The lowest BCUT2D eigenvalue weighted by Gasteiger charge is -2.27. The van der Waals surface area contributed by atoms with E-state index in [-0.39, 0.29) is 58.6 Å². The third kappa shape index (κ3) is 4.29. The minimum Gasteiger partial charge on any atom is -0.324 e. The van der Waals surface area contributed by atoms with E-state index in [4.69, 9.17) is 0 Å². The summed E-state index contributed by atoms with van der Waals surface area (Å²) in [5.41, 5.74) is -2.42. The van der Waals surface area contributed by atoms with E-state index < -0.39 is 41.2 Å². The summed E-state index contributed by atoms with van der Waals surface area (Å²) < 4.78 is 78.9. The Morgan fingerprint density at radius 3 is 2.40 bits per heavy atom. The topological polar surface area (TPSA) is 118 Å². The largest absolute Gasteiger partial charge is 0.416 e. The lowest BCUT2D eigenvalue weighted by atomic mass is 9.72. The SMILES string of the molecule is O=C1Nc2[nH]c(-c3cn4ncnc4c(CCCC(F)(F)F)n3)nc(=O)c2C1(c1ccc(C(F)(F)F)cc1)C1CC1. The minimum absolute atomic E-state index is 0.00394. The second-order valence-corrected chi connectivity index (χ2v) is 9.82. The third-order valence-electron chi connectivity index (χ3n) is 7.22. The highest BCUT2D eigenvalue weighted by Gasteiger charge is 2.59. The monoisotopic (exact) mass is 563 g/mol. The van der Waals surface area contributed by atoms with E-state index in [9.17, 15) is 35.9 Å². The molecule has 208 valence electrons. The summed E-state index contributed by atoms with van der Waals surface area (Å²) in [5, 5.41) is 6.68. The number of amides is 1. The van der Waals surface area contributed by atoms with Gasteiger partial charge in [0.2, 0.25) is 5.91 Å². The van der Waals surface area contributed by atoms with Crippen molar-refractivity contribution in [2.45, 2.75) is 49.9 Å². The molecule has 1 aromatic carbocycles. The molecule has 9 nitrogen and oxygen atoms in total. The molecule has 0 spiro atoms. The molecule has 4 heterocycles. The highest BCUT2D eigenvalue weighted by Crippen LogP contribution is 2.55. The standard InChI is InChI=1S/C25H19F6N7O2/c26-23(27,28)9-1-2-15-20-32-11-33-38(20)10-16(34-15)18-35-19-17(21(39)36-18)24(12-3-4-12,22(40)37-19)13-5-7-14(8-6-13)25(29,30)31/h5-8,10-12H,1-4,9H2,(H2,35,36,37,39,40). The van der Waals surface area contributed by atoms with Gasteiger partial charge in [0.05, 0.1) is 23.0 Å². The van der Waals surface area contributed by atoms with Gasteiger partial charge in [-0.15, -0.1) is 0 Å². The van der Waals surface area contributed by atoms with Crippen molar-refractivity contribution in [3.63, 3.8) is 0 Å². The lowest BCUT2D eigenvalue weighted by molar-refractivity contribution is -0.137. The van der Waals surface area contributed by atoms with Crippen molar-refractivity contribution in [2.24, 2.45) is 5.92 Å². The molecule has 1 unspecified atom stereocenters. The van der Waals surface area contributed by atoms with Gasteiger partial charge in [-0.3, -0.25) is 9.59 Å². The predicted octanol–water partition coefficient (Wildman–Crippen LogP) is 4.43. The number of hydrogen-bond acceptors (Lipinski definition) is 6. The van der Waals surface area contributed by atoms with E-state index in [1.807, 2.05) is 0 Å². The molecule has 1 amide bonds. The summed E-state index contributed by atoms with van der Waals surface area (Å²) in [6.45, 7) is 0. The molecule has 1 aliphatic carbocycles. The Morgan fingerprint density at radius 2 is 1.75 bits per heavy atom. The Labute approximate surface area is 220 Å². The van der Waals surface area contributed by atoms with Gasteiger partial charge < -0.3 is 10.3 Å². The molecule has 2 N–H and O–H groups in total. The summed E-state index contributed by atoms with van der Waals surface area (Å²) in [6.07, 6.45) is -6.48. The van der Waals surface area contributed by atoms with Crippen molar-refractivity contribution >= 4 is 17.4 Å². The van der Waals surface area contributed by atoms with Crippen molar-refractivity contribution in [3.8, 4) is 11.5 Å². The predicted molar refractivity (Wildman–Crippen MR) is 127 cm³/mol. The third-order valence-corrected chi connectivity index (χ3v) is 7.22. The number of nitrogens with one attached hydrogen (secondary N) is 2. The number of rotatable bonds is 6. The first-order valence-electron chi connectivity index (χ1n) is 12.3. The molecule has 1 fully saturated rings. The van der Waals surface area contributed by atoms with Crippen LogP contribution in [0.15, 0.2) is 41.6 Å². The molecule has 0 bridgehead atoms. The quantitative estimate of drug-likeness (QED) is 0.336. The normalized spacial score (nSPS) is 19.2. The van der Waals surface area contributed by atoms with Gasteiger partial charge in [-0.05, 0) is 49.3 Å². The number of anilines is 1. The van der Waals surface area contributed by atoms with E-state index in [1.165, 1.54) is 29.2 Å². The van der Waals surface area contributed by atoms with Crippen LogP contribution in [0.1, 0.15) is 48.1 Å². The van der Waals surface area contributed by atoms with E-state index in [1.54, 1.807) is 0 Å². The summed E-state index contributed by atoms with van der Waals surface area (Å²) >= 11 is 0. The fourth-order valence-electron chi connectivity index (χ4n) is 5.35. The van der Waals surface area contributed by atoms with E-state index in [0.717, 1.165) is 12.1 Å². The zero-order valence-corrected chi connectivity index (χ0v) is 20.4. The molecule has 15 heteroatoms. The van der Waals surface area contributed by atoms with Crippen LogP contribution in [0.5, 0.6) is 0 Å². The van der Waals surface area contributed by atoms with Crippen LogP contribution >= 0.6 is 0 Å². The van der Waals surface area contributed by atoms with Crippen molar-refractivity contribution in [3.05, 3.63) is 69.5 Å². The second-order valence-electron chi connectivity index (χ2n) is 9.82. The number of aromatic nitrogens is 6. The van der Waals surface area contributed by atoms with Crippen molar-refractivity contribution in [1.29, 1.82) is 0 Å². The van der Waals surface area contributed by atoms with Gasteiger partial charge in [0.25, 0.3) is 5.56 Å². The first-order valence-corrected chi connectivity index (χ1v) is 12.3. The van der Waals surface area contributed by atoms with Crippen LogP contribution in [0, 0.1) is 5.92 Å². The van der Waals surface area contributed by atoms with Crippen LogP contribution in [-0.4, -0.2) is 41.6 Å². The first kappa shape index (κ1) is 26.0. The number of alkyl halides is 6. The summed E-state index contributed by atoms with van der Waals surface area (Å²) in [4.78, 5) is 42.4. The minimum atomic E-state index is -4.57. The number of benzene rings is 1. The van der Waals surface area contributed by atoms with Gasteiger partial charge >= 0.3 is 12.4 Å². The number of nitrogens with zero attached hydrogens (tertiary/aromatic N) is 5. The van der Waals surface area contributed by atoms with Gasteiger partial charge in [0.15, 0.2) is 11.5 Å². The molecular weight excluding hydrogens is 544 g/mol. The van der Waals surface area contributed by atoms with Gasteiger partial charge in [0.1, 0.15) is 23.3 Å². The van der Waals surface area contributed by atoms with Gasteiger partial charge in [-0.25, -0.2) is 14.5 Å². The van der Waals surface area contributed by atoms with Crippen molar-refractivity contribution in [2.75, 3.05) is 5.32 Å². The van der Waals surface area contributed by atoms with E-state index in [2.05, 4.69) is 30.4 Å². The molecule has 6 rings (SSSR count). The van der Waals surface area contributed by atoms with Crippen LogP contribution in [0.2, 0.25) is 0 Å². The molecule has 3 aromatic heterocycles. The Hall–Kier alpha value is -4.30. The van der Waals surface area contributed by atoms with Gasteiger partial charge in [-0.2, -0.15) is 36.4 Å². The zero-order valence-electron chi connectivity index (χ0n) is 20.4. The van der Waals surface area contributed by atoms with Crippen molar-refractivity contribution < 1.29 is 31.1 Å². The number of halogens is 6. The van der Waals surface area contributed by atoms with Crippen LogP contribution in [0.4, 0.5) is 32.2 Å². The molecule has 40 heavy (non-hydrogen) atoms. The Morgan fingerprint density at radius 1 is 1.02 bits per heavy atom. The molecule has 0 saturated heterocycles. The number of carbonyl (C=O) groups excluding carboxylic acids is 1. The number of fused-ring (bicyclic) bond motifs is 2. The number of hydrogen-bond donors (Lipinski definition) is 2. The number of aromatic amines is 1. The fourth-order valence-corrected chi connectivity index (χ4v) is 5.35. The number of H-pyrrole nitrogens is 1. The summed E-state index contributed by atoms with van der Waals surface area (Å²) in [6, 6.07) is 4.16. The highest BCUT2D eigenvalue weighted by molar-refractivity contribution is 6.08. The van der Waals surface area contributed by atoms with Crippen LogP contribution in [0.3, 0.4) is 0 Å². The summed E-state index contributed by atoms with van der Waals surface area (Å²) in [7, 11) is 0. The van der Waals surface area contributed by atoms with Crippen molar-refractivity contribution in [1.82, 2.24) is 29.5 Å². The molecule has 4 aromatic rings. The molecule has 0 radical (unpaired) electrons. The summed E-state index contributed by atoms with van der Waals surface area (Å²) in [5.74, 6) is -0.919. The second kappa shape index (κ2) is 8.86. The number of aryl methyl sites for hydroxylation is 1. The smallest absolute Gasteiger partial charge is 0.324 e. The molecule has 2 aliphatic rings. The average Bonchev–Trinajstić information content (AvgIpc) is 3.52. The lowest BCUT2D eigenvalue weighted by Crippen LogP contribution is -2.41. The van der Waals surface area contributed by atoms with E-state index in [0.29, 0.717) is 12.8 Å². The maximum Gasteiger partial charge on any atom is 0.416 e. The number of carbonyl (C=O) groups is 1. The molecule has 1 atom stereocenters. The molecule has 1 aliphatic heterocycles. The van der Waals surface area contributed by atoms with Gasteiger partial charge in [0, 0.05) is 6.42 Å². The van der Waals surface area contributed by atoms with Crippen LogP contribution < -0.4 is 10.9 Å². The zero-order chi connectivity index (χ0) is 28.4. The first-order chi connectivity index (χ1) is 18.9. The maximum absolute atomic E-state index is 13.5. The highest BCUT2D eigenvalue weighted by atomic mass is 19.4. The van der Waals surface area contributed by atoms with Crippen LogP contribution in [-0.2, 0) is 22.8 Å². The Balaban J connectivity index is 1.43. The average molecular weight is 563 g/mol. The maximum atomic E-state index is 13.5. The van der Waals surface area contributed by atoms with Crippen LogP contribution in [0.25, 0.3) is 17.2 Å². The van der Waals surface area contributed by atoms with E-state index >= 15 is 0 Å². The fraction of sp³-hybridized carbons (Fsp3) is 0.360.